The van der Waals surface area contributed by atoms with Gasteiger partial charge < -0.3 is 10.2 Å². The molecule has 2 aromatic rings. The van der Waals surface area contributed by atoms with E-state index >= 15 is 0 Å². The number of fused-ring (bicyclic) bond motifs is 1. The molecule has 0 saturated heterocycles. The van der Waals surface area contributed by atoms with Crippen molar-refractivity contribution in [2.24, 2.45) is 5.92 Å². The Morgan fingerprint density at radius 2 is 2.32 bits per heavy atom. The van der Waals surface area contributed by atoms with Gasteiger partial charge in [-0.2, -0.15) is 0 Å². The minimum atomic E-state index is 0.679. The summed E-state index contributed by atoms with van der Waals surface area (Å²) in [6, 6.07) is 8.63. The lowest BCUT2D eigenvalue weighted by Crippen LogP contribution is -2.33. The smallest absolute Gasteiger partial charge is 0.0795 e. The molecule has 1 aliphatic rings. The maximum atomic E-state index is 4.35. The van der Waals surface area contributed by atoms with Crippen molar-refractivity contribution in [3.63, 3.8) is 0 Å². The quantitative estimate of drug-likeness (QED) is 0.928. The molecule has 1 N–H and O–H groups in total. The first kappa shape index (κ1) is 12.6. The van der Waals surface area contributed by atoms with Crippen molar-refractivity contribution in [1.82, 2.24) is 9.88 Å². The molecule has 1 aromatic carbocycles. The summed E-state index contributed by atoms with van der Waals surface area (Å²) in [6.07, 6.45) is 1.17. The summed E-state index contributed by atoms with van der Waals surface area (Å²) in [6.45, 7) is 3.12. The molecular formula is C15H19N3S. The van der Waals surface area contributed by atoms with Gasteiger partial charge in [0.15, 0.2) is 0 Å². The van der Waals surface area contributed by atoms with Crippen molar-refractivity contribution in [3.8, 4) is 0 Å². The Balaban J connectivity index is 1.57. The number of thiazole rings is 1. The van der Waals surface area contributed by atoms with Crippen LogP contribution in [0.2, 0.25) is 0 Å². The second-order valence-electron chi connectivity index (χ2n) is 5.28. The van der Waals surface area contributed by atoms with Crippen molar-refractivity contribution in [1.29, 1.82) is 0 Å². The van der Waals surface area contributed by atoms with E-state index in [2.05, 4.69) is 51.9 Å². The van der Waals surface area contributed by atoms with Crippen LogP contribution in [0, 0.1) is 5.92 Å². The molecule has 0 fully saturated rings. The molecule has 1 aromatic heterocycles. The van der Waals surface area contributed by atoms with Gasteiger partial charge in [0.05, 0.1) is 11.2 Å². The number of benzene rings is 1. The molecule has 1 aliphatic heterocycles. The third-order valence-electron chi connectivity index (χ3n) is 3.59. The van der Waals surface area contributed by atoms with Gasteiger partial charge in [-0.15, -0.1) is 11.3 Å². The van der Waals surface area contributed by atoms with E-state index in [-0.39, 0.29) is 0 Å². The summed E-state index contributed by atoms with van der Waals surface area (Å²) in [5.41, 5.74) is 5.83. The molecule has 2 heterocycles. The number of nitrogens with one attached hydrogen (secondary N) is 1. The highest BCUT2D eigenvalue weighted by atomic mass is 32.1. The molecule has 3 rings (SSSR count). The van der Waals surface area contributed by atoms with Crippen LogP contribution >= 0.6 is 11.3 Å². The van der Waals surface area contributed by atoms with Gasteiger partial charge in [0.1, 0.15) is 0 Å². The van der Waals surface area contributed by atoms with Gasteiger partial charge in [0.25, 0.3) is 0 Å². The fourth-order valence-corrected chi connectivity index (χ4v) is 3.28. The molecule has 0 spiro atoms. The van der Waals surface area contributed by atoms with Crippen molar-refractivity contribution < 1.29 is 0 Å². The van der Waals surface area contributed by atoms with Crippen LogP contribution in [0.1, 0.15) is 11.3 Å². The Morgan fingerprint density at radius 1 is 1.42 bits per heavy atom. The first-order valence-electron chi connectivity index (χ1n) is 6.68. The zero-order valence-corrected chi connectivity index (χ0v) is 12.0. The largest absolute Gasteiger partial charge is 0.384 e. The van der Waals surface area contributed by atoms with E-state index in [1.165, 1.54) is 23.4 Å². The first-order chi connectivity index (χ1) is 9.31. The average Bonchev–Trinajstić information content (AvgIpc) is 2.91. The van der Waals surface area contributed by atoms with Crippen molar-refractivity contribution in [2.75, 3.05) is 25.5 Å². The van der Waals surface area contributed by atoms with Crippen molar-refractivity contribution >= 4 is 17.0 Å². The highest BCUT2D eigenvalue weighted by Crippen LogP contribution is 2.24. The molecule has 3 nitrogen and oxygen atoms in total. The fourth-order valence-electron chi connectivity index (χ4n) is 2.73. The van der Waals surface area contributed by atoms with E-state index in [1.807, 2.05) is 5.51 Å². The van der Waals surface area contributed by atoms with Gasteiger partial charge in [-0.25, -0.2) is 4.98 Å². The summed E-state index contributed by atoms with van der Waals surface area (Å²) < 4.78 is 0. The summed E-state index contributed by atoms with van der Waals surface area (Å²) in [7, 11) is 2.18. The van der Waals surface area contributed by atoms with E-state index in [4.69, 9.17) is 0 Å². The van der Waals surface area contributed by atoms with Crippen LogP contribution < -0.4 is 5.32 Å². The minimum Gasteiger partial charge on any atom is -0.384 e. The molecule has 0 bridgehead atoms. The predicted octanol–water partition coefficient (Wildman–Crippen LogP) is 2.86. The molecule has 0 amide bonds. The third-order valence-corrected chi connectivity index (χ3v) is 4.23. The number of rotatable bonds is 4. The first-order valence-corrected chi connectivity index (χ1v) is 7.63. The highest BCUT2D eigenvalue weighted by molar-refractivity contribution is 7.07. The number of anilines is 1. The van der Waals surface area contributed by atoms with Crippen LogP contribution in [0.5, 0.6) is 0 Å². The lowest BCUT2D eigenvalue weighted by molar-refractivity contribution is 0.269. The third kappa shape index (κ3) is 3.14. The van der Waals surface area contributed by atoms with E-state index in [1.54, 1.807) is 11.3 Å². The zero-order valence-electron chi connectivity index (χ0n) is 11.2. The number of nitrogens with zero attached hydrogens (tertiary/aromatic N) is 2. The lowest BCUT2D eigenvalue weighted by Gasteiger charge is -2.29. The van der Waals surface area contributed by atoms with Crippen LogP contribution in [-0.2, 0) is 13.0 Å². The number of aromatic nitrogens is 1. The molecular weight excluding hydrogens is 254 g/mol. The maximum absolute atomic E-state index is 4.35. The van der Waals surface area contributed by atoms with E-state index in [0.29, 0.717) is 5.92 Å². The molecule has 100 valence electrons. The van der Waals surface area contributed by atoms with Crippen LogP contribution in [0.4, 0.5) is 5.69 Å². The average molecular weight is 273 g/mol. The van der Waals surface area contributed by atoms with Crippen LogP contribution in [0.15, 0.2) is 35.2 Å². The number of hydrogen-bond donors (Lipinski definition) is 1. The summed E-state index contributed by atoms with van der Waals surface area (Å²) in [5, 5.41) is 5.67. The lowest BCUT2D eigenvalue weighted by atomic mass is 9.93. The Kier molecular flexibility index (Phi) is 3.80. The predicted molar refractivity (Wildman–Crippen MR) is 80.6 cm³/mol. The van der Waals surface area contributed by atoms with Crippen LogP contribution in [0.25, 0.3) is 0 Å². The Hall–Kier alpha value is -1.39. The van der Waals surface area contributed by atoms with Gasteiger partial charge >= 0.3 is 0 Å². The van der Waals surface area contributed by atoms with Crippen molar-refractivity contribution in [3.05, 3.63) is 46.4 Å². The van der Waals surface area contributed by atoms with Crippen LogP contribution in [-0.4, -0.2) is 30.0 Å². The molecule has 4 heteroatoms. The van der Waals surface area contributed by atoms with E-state index < -0.39 is 0 Å². The van der Waals surface area contributed by atoms with Gasteiger partial charge in [0.2, 0.25) is 0 Å². The van der Waals surface area contributed by atoms with Crippen molar-refractivity contribution in [2.45, 2.75) is 13.0 Å². The summed E-state index contributed by atoms with van der Waals surface area (Å²) >= 11 is 1.67. The maximum Gasteiger partial charge on any atom is 0.0795 e. The second-order valence-corrected chi connectivity index (χ2v) is 6.00. The normalized spacial score (nSPS) is 18.1. The molecule has 0 aliphatic carbocycles. The molecule has 19 heavy (non-hydrogen) atoms. The van der Waals surface area contributed by atoms with Gasteiger partial charge in [0, 0.05) is 30.7 Å². The highest BCUT2D eigenvalue weighted by Gasteiger charge is 2.19. The Morgan fingerprint density at radius 3 is 3.16 bits per heavy atom. The SMILES string of the molecule is CN(Cc1cscn1)CC1CNc2ccccc2C1. The standard InChI is InChI=1S/C15H19N3S/c1-18(9-14-10-19-11-17-14)8-12-6-13-4-2-3-5-15(13)16-7-12/h2-5,10-12,16H,6-9H2,1H3. The van der Waals surface area contributed by atoms with Gasteiger partial charge in [-0.05, 0) is 31.0 Å². The van der Waals surface area contributed by atoms with Gasteiger partial charge in [-0.3, -0.25) is 0 Å². The van der Waals surface area contributed by atoms with E-state index in [9.17, 15) is 0 Å². The Bertz CT molecular complexity index is 524. The fraction of sp³-hybridized carbons (Fsp3) is 0.400. The molecule has 1 atom stereocenters. The molecule has 0 saturated carbocycles. The Labute approximate surface area is 118 Å². The number of para-hydroxylation sites is 1. The topological polar surface area (TPSA) is 28.2 Å². The minimum absolute atomic E-state index is 0.679. The second kappa shape index (κ2) is 5.72. The zero-order chi connectivity index (χ0) is 13.1. The number of hydrogen-bond acceptors (Lipinski definition) is 4. The summed E-state index contributed by atoms with van der Waals surface area (Å²) in [5.74, 6) is 0.679. The molecule has 1 unspecified atom stereocenters. The van der Waals surface area contributed by atoms with Gasteiger partial charge in [-0.1, -0.05) is 18.2 Å². The van der Waals surface area contributed by atoms with E-state index in [0.717, 1.165) is 19.6 Å². The summed E-state index contributed by atoms with van der Waals surface area (Å²) in [4.78, 5) is 6.72. The monoisotopic (exact) mass is 273 g/mol. The molecule has 0 radical (unpaired) electrons. The van der Waals surface area contributed by atoms with Crippen LogP contribution in [0.3, 0.4) is 0 Å².